The maximum atomic E-state index is 12.8. The van der Waals surface area contributed by atoms with Gasteiger partial charge in [-0.05, 0) is 43.0 Å². The minimum atomic E-state index is -0.877. The molecule has 27 heavy (non-hydrogen) atoms. The third kappa shape index (κ3) is 4.37. The lowest BCUT2D eigenvalue weighted by Crippen LogP contribution is -2.44. The first-order chi connectivity index (χ1) is 13.0. The number of amides is 3. The summed E-state index contributed by atoms with van der Waals surface area (Å²) in [4.78, 5) is 26.3. The van der Waals surface area contributed by atoms with Crippen molar-refractivity contribution in [2.24, 2.45) is 0 Å². The molecule has 5 heteroatoms. The second-order valence-corrected chi connectivity index (χ2v) is 6.84. The number of carbonyl (C=O) groups is 2. The Balaban J connectivity index is 1.60. The number of hydrogen-bond donors (Lipinski definition) is 1. The van der Waals surface area contributed by atoms with Crippen molar-refractivity contribution < 1.29 is 14.3 Å². The van der Waals surface area contributed by atoms with E-state index >= 15 is 0 Å². The molecule has 0 aromatic heterocycles. The van der Waals surface area contributed by atoms with Gasteiger partial charge in [0.05, 0.1) is 7.11 Å². The standard InChI is InChI=1S/C22H24N2O3/c1-22(15-14-18-10-12-19(27-2)13-11-18)20(25)24(21(26)23-22)16-6-9-17-7-4-3-5-8-17/h3-13H,14-16H2,1-2H3,(H,23,26)/b9-6+/t22-/m1/s1. The topological polar surface area (TPSA) is 58.6 Å². The number of carbonyl (C=O) groups excluding carboxylic acids is 2. The van der Waals surface area contributed by atoms with Crippen LogP contribution in [0, 0.1) is 0 Å². The van der Waals surface area contributed by atoms with Crippen LogP contribution in [0.1, 0.15) is 24.5 Å². The van der Waals surface area contributed by atoms with Crippen LogP contribution >= 0.6 is 0 Å². The molecule has 2 aromatic carbocycles. The van der Waals surface area contributed by atoms with Gasteiger partial charge < -0.3 is 10.1 Å². The summed E-state index contributed by atoms with van der Waals surface area (Å²) in [5.74, 6) is 0.616. The number of methoxy groups -OCH3 is 1. The molecule has 1 aliphatic rings. The van der Waals surface area contributed by atoms with E-state index in [9.17, 15) is 9.59 Å². The maximum Gasteiger partial charge on any atom is 0.325 e. The molecule has 0 spiro atoms. The Morgan fingerprint density at radius 2 is 1.78 bits per heavy atom. The van der Waals surface area contributed by atoms with Crippen LogP contribution in [0.2, 0.25) is 0 Å². The lowest BCUT2D eigenvalue weighted by Gasteiger charge is -2.21. The van der Waals surface area contributed by atoms with Gasteiger partial charge in [0, 0.05) is 6.54 Å². The normalized spacial score (nSPS) is 19.6. The summed E-state index contributed by atoms with van der Waals surface area (Å²) in [6.07, 6.45) is 4.98. The monoisotopic (exact) mass is 364 g/mol. The molecule has 0 radical (unpaired) electrons. The third-order valence-corrected chi connectivity index (χ3v) is 4.82. The summed E-state index contributed by atoms with van der Waals surface area (Å²) in [6.45, 7) is 2.05. The first-order valence-corrected chi connectivity index (χ1v) is 9.00. The number of nitrogens with one attached hydrogen (secondary N) is 1. The zero-order valence-corrected chi connectivity index (χ0v) is 15.6. The summed E-state index contributed by atoms with van der Waals surface area (Å²) >= 11 is 0. The fourth-order valence-corrected chi connectivity index (χ4v) is 3.13. The Bertz CT molecular complexity index is 830. The van der Waals surface area contributed by atoms with Crippen LogP contribution in [0.25, 0.3) is 6.08 Å². The second kappa shape index (κ2) is 8.08. The van der Waals surface area contributed by atoms with Crippen molar-refractivity contribution in [2.75, 3.05) is 13.7 Å². The summed E-state index contributed by atoms with van der Waals surface area (Å²) in [7, 11) is 1.63. The van der Waals surface area contributed by atoms with Crippen LogP contribution in [-0.2, 0) is 11.2 Å². The van der Waals surface area contributed by atoms with E-state index in [1.165, 1.54) is 4.90 Å². The van der Waals surface area contributed by atoms with Crippen LogP contribution in [0.3, 0.4) is 0 Å². The highest BCUT2D eigenvalue weighted by atomic mass is 16.5. The Labute approximate surface area is 159 Å². The highest BCUT2D eigenvalue weighted by Gasteiger charge is 2.46. The van der Waals surface area contributed by atoms with Crippen LogP contribution < -0.4 is 10.1 Å². The first kappa shape index (κ1) is 18.7. The molecule has 0 aliphatic carbocycles. The second-order valence-electron chi connectivity index (χ2n) is 6.84. The number of urea groups is 1. The number of benzene rings is 2. The fraction of sp³-hybridized carbons (Fsp3) is 0.273. The Morgan fingerprint density at radius 1 is 1.07 bits per heavy atom. The summed E-state index contributed by atoms with van der Waals surface area (Å²) < 4.78 is 5.16. The van der Waals surface area contributed by atoms with Gasteiger partial charge in [-0.15, -0.1) is 0 Å². The minimum Gasteiger partial charge on any atom is -0.497 e. The number of nitrogens with zero attached hydrogens (tertiary/aromatic N) is 1. The molecule has 5 nitrogen and oxygen atoms in total. The van der Waals surface area contributed by atoms with Crippen LogP contribution in [0.4, 0.5) is 4.79 Å². The van der Waals surface area contributed by atoms with E-state index in [0.717, 1.165) is 16.9 Å². The van der Waals surface area contributed by atoms with Crippen LogP contribution in [0.15, 0.2) is 60.7 Å². The van der Waals surface area contributed by atoms with E-state index in [0.29, 0.717) is 12.8 Å². The quantitative estimate of drug-likeness (QED) is 0.763. The highest BCUT2D eigenvalue weighted by Crippen LogP contribution is 2.24. The summed E-state index contributed by atoms with van der Waals surface area (Å²) in [5.41, 5.74) is 1.26. The zero-order valence-electron chi connectivity index (χ0n) is 15.6. The zero-order chi connectivity index (χ0) is 19.3. The molecule has 1 heterocycles. The fourth-order valence-electron chi connectivity index (χ4n) is 3.13. The molecule has 2 aromatic rings. The largest absolute Gasteiger partial charge is 0.497 e. The smallest absolute Gasteiger partial charge is 0.325 e. The number of imide groups is 1. The average Bonchev–Trinajstić information content (AvgIpc) is 2.91. The lowest BCUT2D eigenvalue weighted by atomic mass is 9.93. The van der Waals surface area contributed by atoms with Crippen molar-refractivity contribution in [3.8, 4) is 5.75 Å². The van der Waals surface area contributed by atoms with E-state index in [-0.39, 0.29) is 18.5 Å². The first-order valence-electron chi connectivity index (χ1n) is 9.00. The molecule has 1 atom stereocenters. The molecule has 3 amide bonds. The van der Waals surface area contributed by atoms with Gasteiger partial charge in [-0.2, -0.15) is 0 Å². The molecule has 0 bridgehead atoms. The lowest BCUT2D eigenvalue weighted by molar-refractivity contribution is -0.130. The molecular formula is C22H24N2O3. The molecular weight excluding hydrogens is 340 g/mol. The molecule has 1 aliphatic heterocycles. The van der Waals surface area contributed by atoms with Gasteiger partial charge in [0.2, 0.25) is 0 Å². The molecule has 140 valence electrons. The number of ether oxygens (including phenoxy) is 1. The molecule has 3 rings (SSSR count). The molecule has 1 fully saturated rings. The van der Waals surface area contributed by atoms with E-state index in [4.69, 9.17) is 4.74 Å². The molecule has 1 saturated heterocycles. The van der Waals surface area contributed by atoms with Crippen LogP contribution in [-0.4, -0.2) is 36.0 Å². The predicted octanol–water partition coefficient (Wildman–Crippen LogP) is 3.65. The minimum absolute atomic E-state index is 0.182. The molecule has 0 unspecified atom stereocenters. The van der Waals surface area contributed by atoms with E-state index in [2.05, 4.69) is 5.32 Å². The van der Waals surface area contributed by atoms with Gasteiger partial charge in [-0.3, -0.25) is 9.69 Å². The van der Waals surface area contributed by atoms with Crippen molar-refractivity contribution in [3.05, 3.63) is 71.8 Å². The molecule has 0 saturated carbocycles. The van der Waals surface area contributed by atoms with E-state index in [1.807, 2.05) is 66.7 Å². The predicted molar refractivity (Wildman–Crippen MR) is 105 cm³/mol. The van der Waals surface area contributed by atoms with E-state index in [1.54, 1.807) is 14.0 Å². The van der Waals surface area contributed by atoms with Crippen molar-refractivity contribution in [3.63, 3.8) is 0 Å². The van der Waals surface area contributed by atoms with Crippen LogP contribution in [0.5, 0.6) is 5.75 Å². The van der Waals surface area contributed by atoms with Crippen molar-refractivity contribution in [2.45, 2.75) is 25.3 Å². The number of rotatable bonds is 7. The van der Waals surface area contributed by atoms with Gasteiger partial charge in [-0.25, -0.2) is 4.79 Å². The Morgan fingerprint density at radius 3 is 2.44 bits per heavy atom. The van der Waals surface area contributed by atoms with Gasteiger partial charge in [-0.1, -0.05) is 54.6 Å². The van der Waals surface area contributed by atoms with Crippen molar-refractivity contribution in [1.29, 1.82) is 0 Å². The Kier molecular flexibility index (Phi) is 5.60. The van der Waals surface area contributed by atoms with Crippen molar-refractivity contribution in [1.82, 2.24) is 10.2 Å². The number of hydrogen-bond acceptors (Lipinski definition) is 3. The molecule has 1 N–H and O–H groups in total. The van der Waals surface area contributed by atoms with Crippen molar-refractivity contribution >= 4 is 18.0 Å². The SMILES string of the molecule is COc1ccc(CC[C@@]2(C)NC(=O)N(C/C=C/c3ccccc3)C2=O)cc1. The Hall–Kier alpha value is -3.08. The third-order valence-electron chi connectivity index (χ3n) is 4.82. The van der Waals surface area contributed by atoms with Gasteiger partial charge >= 0.3 is 6.03 Å². The summed E-state index contributed by atoms with van der Waals surface area (Å²) in [6, 6.07) is 17.2. The van der Waals surface area contributed by atoms with Gasteiger partial charge in [0.1, 0.15) is 11.3 Å². The number of aryl methyl sites for hydroxylation is 1. The van der Waals surface area contributed by atoms with E-state index < -0.39 is 5.54 Å². The summed E-state index contributed by atoms with van der Waals surface area (Å²) in [5, 5.41) is 2.85. The highest BCUT2D eigenvalue weighted by molar-refractivity contribution is 6.06. The average molecular weight is 364 g/mol. The van der Waals surface area contributed by atoms with Gasteiger partial charge in [0.25, 0.3) is 5.91 Å². The maximum absolute atomic E-state index is 12.8. The van der Waals surface area contributed by atoms with Gasteiger partial charge in [0.15, 0.2) is 0 Å².